The molecule has 122 valence electrons. The van der Waals surface area contributed by atoms with Crippen LogP contribution in [0.3, 0.4) is 0 Å². The van der Waals surface area contributed by atoms with Crippen molar-refractivity contribution in [3.63, 3.8) is 0 Å². The predicted octanol–water partition coefficient (Wildman–Crippen LogP) is 1.83. The van der Waals surface area contributed by atoms with Crippen LogP contribution >= 0.6 is 0 Å². The summed E-state index contributed by atoms with van der Waals surface area (Å²) in [7, 11) is 1.53. The van der Waals surface area contributed by atoms with Crippen molar-refractivity contribution < 1.29 is 19.0 Å². The van der Waals surface area contributed by atoms with Crippen LogP contribution in [0.5, 0.6) is 0 Å². The molecule has 0 saturated carbocycles. The fourth-order valence-corrected chi connectivity index (χ4v) is 1.54. The van der Waals surface area contributed by atoms with Crippen LogP contribution in [0.25, 0.3) is 0 Å². The van der Waals surface area contributed by atoms with Gasteiger partial charge in [0.2, 0.25) is 0 Å². The quantitative estimate of drug-likeness (QED) is 0.366. The molecule has 0 aromatic carbocycles. The number of amides is 1. The van der Waals surface area contributed by atoms with Gasteiger partial charge in [-0.05, 0) is 20.8 Å². The number of ether oxygens (including phenoxy) is 3. The van der Waals surface area contributed by atoms with Crippen molar-refractivity contribution in [3.05, 3.63) is 25.3 Å². The Bertz CT molecular complexity index is 326. The Labute approximate surface area is 127 Å². The maximum atomic E-state index is 11.9. The SMILES string of the molecule is C=CCNC[C@@H](NC(=O)OC(C)(C)C)[C@@H](C=C)OCOC. The van der Waals surface area contributed by atoms with E-state index >= 15 is 0 Å². The molecule has 0 saturated heterocycles. The zero-order valence-corrected chi connectivity index (χ0v) is 13.5. The fourth-order valence-electron chi connectivity index (χ4n) is 1.54. The van der Waals surface area contributed by atoms with E-state index in [1.54, 1.807) is 12.2 Å². The lowest BCUT2D eigenvalue weighted by Crippen LogP contribution is -2.51. The van der Waals surface area contributed by atoms with Crippen LogP contribution in [-0.4, -0.2) is 50.8 Å². The Balaban J connectivity index is 4.65. The lowest BCUT2D eigenvalue weighted by molar-refractivity contribution is -0.0660. The van der Waals surface area contributed by atoms with E-state index in [-0.39, 0.29) is 12.8 Å². The third-order valence-corrected chi connectivity index (χ3v) is 2.36. The molecule has 0 unspecified atom stereocenters. The number of carbonyl (C=O) groups excluding carboxylic acids is 1. The first-order valence-corrected chi connectivity index (χ1v) is 6.88. The first kappa shape index (κ1) is 19.6. The second kappa shape index (κ2) is 10.4. The largest absolute Gasteiger partial charge is 0.444 e. The second-order valence-electron chi connectivity index (χ2n) is 5.47. The van der Waals surface area contributed by atoms with Crippen molar-refractivity contribution >= 4 is 6.09 Å². The van der Waals surface area contributed by atoms with Gasteiger partial charge in [-0.15, -0.1) is 13.2 Å². The van der Waals surface area contributed by atoms with Gasteiger partial charge >= 0.3 is 6.09 Å². The Morgan fingerprint density at radius 1 is 1.33 bits per heavy atom. The van der Waals surface area contributed by atoms with Gasteiger partial charge in [0.1, 0.15) is 12.4 Å². The Hall–Kier alpha value is -1.37. The minimum absolute atomic E-state index is 0.116. The molecule has 0 aliphatic heterocycles. The van der Waals surface area contributed by atoms with Crippen LogP contribution in [0.2, 0.25) is 0 Å². The number of carbonyl (C=O) groups is 1. The molecule has 0 aromatic heterocycles. The summed E-state index contributed by atoms with van der Waals surface area (Å²) in [6.07, 6.45) is 2.47. The highest BCUT2D eigenvalue weighted by Crippen LogP contribution is 2.08. The molecule has 0 spiro atoms. The van der Waals surface area contributed by atoms with Crippen molar-refractivity contribution in [2.75, 3.05) is 27.0 Å². The van der Waals surface area contributed by atoms with Crippen molar-refractivity contribution in [3.8, 4) is 0 Å². The number of rotatable bonds is 10. The fraction of sp³-hybridized carbons (Fsp3) is 0.667. The topological polar surface area (TPSA) is 68.8 Å². The average Bonchev–Trinajstić information content (AvgIpc) is 2.37. The normalized spacial score (nSPS) is 14.1. The minimum atomic E-state index is -0.555. The van der Waals surface area contributed by atoms with Gasteiger partial charge in [-0.3, -0.25) is 0 Å². The highest BCUT2D eigenvalue weighted by atomic mass is 16.7. The number of methoxy groups -OCH3 is 1. The summed E-state index contributed by atoms with van der Waals surface area (Å²) in [6.45, 7) is 14.0. The Morgan fingerprint density at radius 3 is 2.48 bits per heavy atom. The lowest BCUT2D eigenvalue weighted by atomic mass is 10.1. The molecule has 2 atom stereocenters. The molecule has 0 fully saturated rings. The van der Waals surface area contributed by atoms with Gasteiger partial charge in [-0.25, -0.2) is 4.79 Å². The van der Waals surface area contributed by atoms with Crippen molar-refractivity contribution in [2.45, 2.75) is 38.5 Å². The minimum Gasteiger partial charge on any atom is -0.444 e. The molecule has 2 N–H and O–H groups in total. The van der Waals surface area contributed by atoms with Crippen LogP contribution < -0.4 is 10.6 Å². The van der Waals surface area contributed by atoms with Crippen molar-refractivity contribution in [1.82, 2.24) is 10.6 Å². The molecule has 0 heterocycles. The summed E-state index contributed by atoms with van der Waals surface area (Å²) in [5, 5.41) is 5.92. The van der Waals surface area contributed by atoms with Crippen molar-refractivity contribution in [1.29, 1.82) is 0 Å². The highest BCUT2D eigenvalue weighted by molar-refractivity contribution is 5.68. The van der Waals surface area contributed by atoms with E-state index in [1.165, 1.54) is 7.11 Å². The lowest BCUT2D eigenvalue weighted by Gasteiger charge is -2.27. The molecular formula is C15H28N2O4. The predicted molar refractivity (Wildman–Crippen MR) is 83.2 cm³/mol. The molecule has 0 aromatic rings. The molecule has 0 aliphatic carbocycles. The highest BCUT2D eigenvalue weighted by Gasteiger charge is 2.24. The summed E-state index contributed by atoms with van der Waals surface area (Å²) in [4.78, 5) is 11.9. The van der Waals surface area contributed by atoms with E-state index in [0.29, 0.717) is 13.1 Å². The molecule has 0 rings (SSSR count). The first-order chi connectivity index (χ1) is 9.84. The summed E-state index contributed by atoms with van der Waals surface area (Å²) >= 11 is 0. The van der Waals surface area contributed by atoms with E-state index < -0.39 is 17.8 Å². The number of nitrogens with one attached hydrogen (secondary N) is 2. The van der Waals surface area contributed by atoms with Gasteiger partial charge < -0.3 is 24.8 Å². The van der Waals surface area contributed by atoms with E-state index in [1.807, 2.05) is 20.8 Å². The molecule has 6 heteroatoms. The van der Waals surface area contributed by atoms with Crippen LogP contribution in [0, 0.1) is 0 Å². The molecule has 0 aliphatic rings. The van der Waals surface area contributed by atoms with Gasteiger partial charge in [0.25, 0.3) is 0 Å². The van der Waals surface area contributed by atoms with Gasteiger partial charge in [0.15, 0.2) is 0 Å². The first-order valence-electron chi connectivity index (χ1n) is 6.88. The standard InChI is InChI=1S/C15H28N2O4/c1-7-9-16-10-12(13(8-2)20-11-19-6)17-14(18)21-15(3,4)5/h7-8,12-13,16H,1-2,9-11H2,3-6H3,(H,17,18)/t12-,13-/m1/s1. The van der Waals surface area contributed by atoms with Crippen LogP contribution in [0.4, 0.5) is 4.79 Å². The number of hydrogen-bond donors (Lipinski definition) is 2. The maximum Gasteiger partial charge on any atom is 0.408 e. The molecule has 0 bridgehead atoms. The summed E-state index contributed by atoms with van der Waals surface area (Å²) < 4.78 is 15.6. The Morgan fingerprint density at radius 2 is 2.00 bits per heavy atom. The number of hydrogen-bond acceptors (Lipinski definition) is 5. The zero-order chi connectivity index (χ0) is 16.3. The van der Waals surface area contributed by atoms with E-state index in [0.717, 1.165) is 0 Å². The summed E-state index contributed by atoms with van der Waals surface area (Å²) in [6, 6.07) is -0.326. The van der Waals surface area contributed by atoms with Gasteiger partial charge in [0, 0.05) is 20.2 Å². The van der Waals surface area contributed by atoms with Crippen LogP contribution in [-0.2, 0) is 14.2 Å². The molecule has 6 nitrogen and oxygen atoms in total. The third-order valence-electron chi connectivity index (χ3n) is 2.36. The van der Waals surface area contributed by atoms with Gasteiger partial charge in [0.05, 0.1) is 12.1 Å². The summed E-state index contributed by atoms with van der Waals surface area (Å²) in [5.74, 6) is 0. The van der Waals surface area contributed by atoms with Crippen LogP contribution in [0.15, 0.2) is 25.3 Å². The molecular weight excluding hydrogens is 272 g/mol. The monoisotopic (exact) mass is 300 g/mol. The molecule has 0 radical (unpaired) electrons. The van der Waals surface area contributed by atoms with E-state index in [2.05, 4.69) is 23.8 Å². The number of alkyl carbamates (subject to hydrolysis) is 1. The average molecular weight is 300 g/mol. The van der Waals surface area contributed by atoms with E-state index in [4.69, 9.17) is 14.2 Å². The third kappa shape index (κ3) is 10.1. The van der Waals surface area contributed by atoms with Gasteiger partial charge in [-0.2, -0.15) is 0 Å². The zero-order valence-electron chi connectivity index (χ0n) is 13.5. The second-order valence-corrected chi connectivity index (χ2v) is 5.47. The smallest absolute Gasteiger partial charge is 0.408 e. The Kier molecular flexibility index (Phi) is 9.69. The van der Waals surface area contributed by atoms with Crippen LogP contribution in [0.1, 0.15) is 20.8 Å². The summed E-state index contributed by atoms with van der Waals surface area (Å²) in [5.41, 5.74) is -0.555. The van der Waals surface area contributed by atoms with Crippen molar-refractivity contribution in [2.24, 2.45) is 0 Å². The van der Waals surface area contributed by atoms with E-state index in [9.17, 15) is 4.79 Å². The maximum absolute atomic E-state index is 11.9. The van der Waals surface area contributed by atoms with Gasteiger partial charge in [-0.1, -0.05) is 12.2 Å². The molecule has 21 heavy (non-hydrogen) atoms. The molecule has 1 amide bonds.